The largest absolute Gasteiger partial charge is 0.478 e. The number of anilines is 1. The van der Waals surface area contributed by atoms with Gasteiger partial charge in [-0.05, 0) is 23.3 Å². The van der Waals surface area contributed by atoms with Crippen LogP contribution in [0.2, 0.25) is 0 Å². The number of carboxylic acids is 1. The minimum absolute atomic E-state index is 0.0485. The predicted octanol–water partition coefficient (Wildman–Crippen LogP) is 2.91. The summed E-state index contributed by atoms with van der Waals surface area (Å²) in [5.41, 5.74) is 7.44. The molecule has 0 spiro atoms. The molecule has 4 N–H and O–H groups in total. The quantitative estimate of drug-likeness (QED) is 0.708. The summed E-state index contributed by atoms with van der Waals surface area (Å²) in [6.07, 6.45) is 2.87. The second-order valence-electron chi connectivity index (χ2n) is 5.00. The first-order chi connectivity index (χ1) is 11.6. The Kier molecular flexibility index (Phi) is 5.96. The van der Waals surface area contributed by atoms with Crippen LogP contribution in [0.5, 0.6) is 0 Å². The van der Waals surface area contributed by atoms with Gasteiger partial charge in [0.25, 0.3) is 0 Å². The van der Waals surface area contributed by atoms with Crippen LogP contribution in [0.1, 0.15) is 21.5 Å². The van der Waals surface area contributed by atoms with Gasteiger partial charge in [-0.2, -0.15) is 0 Å². The maximum absolute atomic E-state index is 11.6. The number of hydrogen-bond acceptors (Lipinski definition) is 4. The second-order valence-corrected chi connectivity index (χ2v) is 5.00. The maximum atomic E-state index is 11.6. The van der Waals surface area contributed by atoms with Crippen molar-refractivity contribution in [2.24, 2.45) is 0 Å². The normalized spacial score (nSPS) is 10.5. The van der Waals surface area contributed by atoms with Gasteiger partial charge in [0.15, 0.2) is 0 Å². The van der Waals surface area contributed by atoms with E-state index in [1.807, 2.05) is 30.3 Å². The first-order valence-corrected chi connectivity index (χ1v) is 7.30. The number of carbonyl (C=O) groups is 2. The Labute approximate surface area is 139 Å². The van der Waals surface area contributed by atoms with Crippen LogP contribution in [0, 0.1) is 0 Å². The van der Waals surface area contributed by atoms with Gasteiger partial charge in [-0.1, -0.05) is 48.6 Å². The van der Waals surface area contributed by atoms with Crippen molar-refractivity contribution in [1.82, 2.24) is 5.32 Å². The van der Waals surface area contributed by atoms with E-state index in [1.54, 1.807) is 18.2 Å². The molecule has 2 aromatic carbocycles. The fourth-order valence-corrected chi connectivity index (χ4v) is 1.97. The van der Waals surface area contributed by atoms with E-state index in [9.17, 15) is 9.59 Å². The molecule has 0 aromatic heterocycles. The number of alkyl carbamates (subject to hydrolysis) is 1. The molecule has 124 valence electrons. The van der Waals surface area contributed by atoms with Gasteiger partial charge in [0.1, 0.15) is 6.61 Å². The van der Waals surface area contributed by atoms with Crippen LogP contribution in [0.15, 0.2) is 54.6 Å². The van der Waals surface area contributed by atoms with Gasteiger partial charge in [-0.15, -0.1) is 0 Å². The summed E-state index contributed by atoms with van der Waals surface area (Å²) in [6.45, 7) is 0.469. The summed E-state index contributed by atoms with van der Waals surface area (Å²) < 4.78 is 5.07. The highest BCUT2D eigenvalue weighted by atomic mass is 16.5. The minimum Gasteiger partial charge on any atom is -0.478 e. The summed E-state index contributed by atoms with van der Waals surface area (Å²) in [4.78, 5) is 22.6. The molecular formula is C18H18N2O4. The van der Waals surface area contributed by atoms with Crippen molar-refractivity contribution in [2.45, 2.75) is 6.61 Å². The molecule has 0 aliphatic rings. The lowest BCUT2D eigenvalue weighted by Gasteiger charge is -2.05. The van der Waals surface area contributed by atoms with Crippen molar-refractivity contribution >= 4 is 23.8 Å². The maximum Gasteiger partial charge on any atom is 0.407 e. The standard InChI is InChI=1S/C18H18N2O4/c19-16-9-8-13(11-15(16)17(21)22)7-4-10-20-18(23)24-12-14-5-2-1-3-6-14/h1-9,11H,10,12,19H2,(H,20,23)(H,21,22). The monoisotopic (exact) mass is 326 g/mol. The van der Waals surface area contributed by atoms with Gasteiger partial charge in [-0.25, -0.2) is 9.59 Å². The average molecular weight is 326 g/mol. The Morgan fingerprint density at radius 1 is 1.17 bits per heavy atom. The summed E-state index contributed by atoms with van der Waals surface area (Å²) in [7, 11) is 0. The molecule has 0 unspecified atom stereocenters. The molecule has 0 radical (unpaired) electrons. The highest BCUT2D eigenvalue weighted by Gasteiger charge is 2.07. The lowest BCUT2D eigenvalue weighted by molar-refractivity contribution is 0.0698. The third kappa shape index (κ3) is 5.17. The summed E-state index contributed by atoms with van der Waals surface area (Å²) in [6, 6.07) is 14.1. The van der Waals surface area contributed by atoms with Crippen molar-refractivity contribution in [3.8, 4) is 0 Å². The number of nitrogens with two attached hydrogens (primary N) is 1. The molecular weight excluding hydrogens is 308 g/mol. The molecule has 6 nitrogen and oxygen atoms in total. The molecule has 0 atom stereocenters. The van der Waals surface area contributed by atoms with Gasteiger partial charge in [0, 0.05) is 12.2 Å². The number of benzene rings is 2. The number of aromatic carboxylic acids is 1. The zero-order valence-corrected chi connectivity index (χ0v) is 12.9. The third-order valence-corrected chi connectivity index (χ3v) is 3.20. The Morgan fingerprint density at radius 2 is 1.92 bits per heavy atom. The Hall–Kier alpha value is -3.28. The zero-order chi connectivity index (χ0) is 17.4. The highest BCUT2D eigenvalue weighted by molar-refractivity contribution is 5.94. The van der Waals surface area contributed by atoms with Gasteiger partial charge < -0.3 is 20.9 Å². The highest BCUT2D eigenvalue weighted by Crippen LogP contribution is 2.15. The number of nitrogen functional groups attached to an aromatic ring is 1. The Morgan fingerprint density at radius 3 is 2.62 bits per heavy atom. The number of nitrogens with one attached hydrogen (secondary N) is 1. The summed E-state index contributed by atoms with van der Waals surface area (Å²) in [5.74, 6) is -1.08. The van der Waals surface area contributed by atoms with E-state index in [0.29, 0.717) is 5.56 Å². The van der Waals surface area contributed by atoms with Crippen molar-refractivity contribution < 1.29 is 19.4 Å². The van der Waals surface area contributed by atoms with Crippen molar-refractivity contribution in [3.63, 3.8) is 0 Å². The van der Waals surface area contributed by atoms with Crippen LogP contribution in [0.25, 0.3) is 6.08 Å². The van der Waals surface area contributed by atoms with E-state index >= 15 is 0 Å². The lowest BCUT2D eigenvalue weighted by atomic mass is 10.1. The summed E-state index contributed by atoms with van der Waals surface area (Å²) in [5, 5.41) is 11.6. The van der Waals surface area contributed by atoms with Crippen LogP contribution < -0.4 is 11.1 Å². The van der Waals surface area contributed by atoms with E-state index in [1.165, 1.54) is 12.1 Å². The van der Waals surface area contributed by atoms with Crippen molar-refractivity contribution in [1.29, 1.82) is 0 Å². The van der Waals surface area contributed by atoms with E-state index in [0.717, 1.165) is 5.56 Å². The second kappa shape index (κ2) is 8.38. The van der Waals surface area contributed by atoms with Gasteiger partial charge in [-0.3, -0.25) is 0 Å². The molecule has 24 heavy (non-hydrogen) atoms. The molecule has 0 aliphatic carbocycles. The molecule has 0 fully saturated rings. The Balaban J connectivity index is 1.79. The first-order valence-electron chi connectivity index (χ1n) is 7.30. The number of hydrogen-bond donors (Lipinski definition) is 3. The van der Waals surface area contributed by atoms with Gasteiger partial charge in [0.2, 0.25) is 0 Å². The van der Waals surface area contributed by atoms with Crippen LogP contribution in [-0.2, 0) is 11.3 Å². The molecule has 0 bridgehead atoms. The average Bonchev–Trinajstić information content (AvgIpc) is 2.59. The minimum atomic E-state index is -1.08. The predicted molar refractivity (Wildman–Crippen MR) is 91.5 cm³/mol. The number of carbonyl (C=O) groups excluding carboxylic acids is 1. The fourth-order valence-electron chi connectivity index (χ4n) is 1.97. The first kappa shape index (κ1) is 17.1. The number of rotatable bonds is 6. The third-order valence-electron chi connectivity index (χ3n) is 3.20. The molecule has 1 amide bonds. The Bertz CT molecular complexity index is 742. The molecule has 0 aliphatic heterocycles. The fraction of sp³-hybridized carbons (Fsp3) is 0.111. The molecule has 0 saturated carbocycles. The van der Waals surface area contributed by atoms with Crippen LogP contribution in [0.3, 0.4) is 0 Å². The van der Waals surface area contributed by atoms with E-state index in [4.69, 9.17) is 15.6 Å². The van der Waals surface area contributed by atoms with Crippen LogP contribution >= 0.6 is 0 Å². The van der Waals surface area contributed by atoms with Gasteiger partial charge in [0.05, 0.1) is 5.56 Å². The molecule has 2 aromatic rings. The number of ether oxygens (including phenoxy) is 1. The van der Waals surface area contributed by atoms with Gasteiger partial charge >= 0.3 is 12.1 Å². The lowest BCUT2D eigenvalue weighted by Crippen LogP contribution is -2.24. The topological polar surface area (TPSA) is 102 Å². The smallest absolute Gasteiger partial charge is 0.407 e. The summed E-state index contributed by atoms with van der Waals surface area (Å²) >= 11 is 0. The zero-order valence-electron chi connectivity index (χ0n) is 12.9. The molecule has 0 saturated heterocycles. The van der Waals surface area contributed by atoms with E-state index in [-0.39, 0.29) is 24.4 Å². The van der Waals surface area contributed by atoms with Crippen molar-refractivity contribution in [2.75, 3.05) is 12.3 Å². The van der Waals surface area contributed by atoms with E-state index in [2.05, 4.69) is 5.32 Å². The van der Waals surface area contributed by atoms with Crippen LogP contribution in [0.4, 0.5) is 10.5 Å². The van der Waals surface area contributed by atoms with Crippen LogP contribution in [-0.4, -0.2) is 23.7 Å². The van der Waals surface area contributed by atoms with E-state index < -0.39 is 12.1 Å². The molecule has 6 heteroatoms. The number of carboxylic acid groups (broad SMARTS) is 1. The number of amides is 1. The SMILES string of the molecule is Nc1ccc(C=CCNC(=O)OCc2ccccc2)cc1C(=O)O. The molecule has 2 rings (SSSR count). The van der Waals surface area contributed by atoms with Crippen molar-refractivity contribution in [3.05, 3.63) is 71.3 Å². The molecule has 0 heterocycles.